The zero-order valence-corrected chi connectivity index (χ0v) is 11.4. The molecule has 0 spiro atoms. The number of hydrogen-bond acceptors (Lipinski definition) is 5. The second-order valence-corrected chi connectivity index (χ2v) is 5.19. The van der Waals surface area contributed by atoms with Crippen molar-refractivity contribution >= 4 is 16.9 Å². The molecule has 1 aromatic carbocycles. The fraction of sp³-hybridized carbons (Fsp3) is 0.286. The smallest absolute Gasteiger partial charge is 0.336 e. The maximum Gasteiger partial charge on any atom is 0.336 e. The molecule has 0 saturated carbocycles. The third-order valence-corrected chi connectivity index (χ3v) is 2.36. The van der Waals surface area contributed by atoms with Crippen molar-refractivity contribution in [2.45, 2.75) is 20.8 Å². The molecule has 0 aliphatic carbocycles. The second kappa shape index (κ2) is 5.64. The molecule has 2 aromatic rings. The number of hydrogen-bond donors (Lipinski definition) is 3. The zero-order chi connectivity index (χ0) is 15.5. The molecular weight excluding hydrogens is 264 g/mol. The Morgan fingerprint density at radius 3 is 2.10 bits per heavy atom. The molecular formula is C14H16O6. The minimum atomic E-state index is -0.757. The van der Waals surface area contributed by atoms with Gasteiger partial charge in [-0.05, 0) is 32.9 Å². The third-order valence-electron chi connectivity index (χ3n) is 2.36. The number of phenolic OH excluding ortho intramolecular Hbond substituents is 2. The summed E-state index contributed by atoms with van der Waals surface area (Å²) < 4.78 is 4.77. The lowest BCUT2D eigenvalue weighted by atomic mass is 9.98. The first kappa shape index (κ1) is 15.6. The van der Waals surface area contributed by atoms with Gasteiger partial charge in [0.1, 0.15) is 5.58 Å². The molecule has 6 heteroatoms. The van der Waals surface area contributed by atoms with Crippen molar-refractivity contribution in [3.8, 4) is 11.5 Å². The van der Waals surface area contributed by atoms with E-state index in [4.69, 9.17) is 19.7 Å². The summed E-state index contributed by atoms with van der Waals surface area (Å²) in [5, 5.41) is 27.0. The zero-order valence-electron chi connectivity index (χ0n) is 11.4. The van der Waals surface area contributed by atoms with E-state index in [1.807, 2.05) is 0 Å². The van der Waals surface area contributed by atoms with Crippen molar-refractivity contribution < 1.29 is 24.5 Å². The van der Waals surface area contributed by atoms with E-state index in [1.165, 1.54) is 24.3 Å². The lowest BCUT2D eigenvalue weighted by Crippen LogP contribution is -2.18. The Bertz CT molecular complexity index is 678. The highest BCUT2D eigenvalue weighted by Crippen LogP contribution is 2.28. The predicted octanol–water partition coefficient (Wildman–Crippen LogP) is 2.32. The number of phenols is 2. The highest BCUT2D eigenvalue weighted by molar-refractivity contribution is 5.80. The van der Waals surface area contributed by atoms with Crippen LogP contribution in [0.15, 0.2) is 33.5 Å². The van der Waals surface area contributed by atoms with Crippen LogP contribution >= 0.6 is 0 Å². The summed E-state index contributed by atoms with van der Waals surface area (Å²) in [5.41, 5.74) is -0.819. The number of carbonyl (C=O) groups is 1. The number of benzene rings is 1. The van der Waals surface area contributed by atoms with Gasteiger partial charge in [0, 0.05) is 17.5 Å². The van der Waals surface area contributed by atoms with Crippen LogP contribution in [0.2, 0.25) is 0 Å². The molecule has 0 unspecified atom stereocenters. The van der Waals surface area contributed by atoms with Crippen LogP contribution in [0, 0.1) is 5.41 Å². The molecule has 0 fully saturated rings. The molecule has 6 nitrogen and oxygen atoms in total. The minimum Gasteiger partial charge on any atom is -0.504 e. The van der Waals surface area contributed by atoms with Gasteiger partial charge in [-0.15, -0.1) is 0 Å². The van der Waals surface area contributed by atoms with Crippen LogP contribution in [0.1, 0.15) is 20.8 Å². The van der Waals surface area contributed by atoms with Crippen LogP contribution in [0.4, 0.5) is 0 Å². The molecule has 0 aliphatic heterocycles. The van der Waals surface area contributed by atoms with Crippen LogP contribution in [0.25, 0.3) is 11.0 Å². The topological polar surface area (TPSA) is 108 Å². The predicted molar refractivity (Wildman–Crippen MR) is 72.9 cm³/mol. The van der Waals surface area contributed by atoms with Gasteiger partial charge in [0.05, 0.1) is 5.41 Å². The fourth-order valence-electron chi connectivity index (χ4n) is 1.09. The minimum absolute atomic E-state index is 0.235. The van der Waals surface area contributed by atoms with Crippen molar-refractivity contribution in [2.75, 3.05) is 0 Å². The van der Waals surface area contributed by atoms with Gasteiger partial charge in [-0.1, -0.05) is 0 Å². The molecule has 0 amide bonds. The molecule has 20 heavy (non-hydrogen) atoms. The van der Waals surface area contributed by atoms with Crippen molar-refractivity contribution in [3.63, 3.8) is 0 Å². The molecule has 0 aliphatic rings. The quantitative estimate of drug-likeness (QED) is 0.505. The molecule has 0 bridgehead atoms. The summed E-state index contributed by atoms with van der Waals surface area (Å²) in [6, 6.07) is 5.29. The first-order valence-corrected chi connectivity index (χ1v) is 5.80. The molecule has 0 saturated heterocycles. The number of fused-ring (bicyclic) bond motifs is 1. The van der Waals surface area contributed by atoms with E-state index >= 15 is 0 Å². The van der Waals surface area contributed by atoms with E-state index in [2.05, 4.69) is 0 Å². The Kier molecular flexibility index (Phi) is 4.39. The van der Waals surface area contributed by atoms with Gasteiger partial charge < -0.3 is 19.7 Å². The van der Waals surface area contributed by atoms with Gasteiger partial charge >= 0.3 is 11.6 Å². The van der Waals surface area contributed by atoms with Crippen molar-refractivity contribution in [1.82, 2.24) is 0 Å². The summed E-state index contributed by atoms with van der Waals surface area (Å²) in [6.45, 7) is 4.99. The summed E-state index contributed by atoms with van der Waals surface area (Å²) >= 11 is 0. The maximum atomic E-state index is 10.8. The Morgan fingerprint density at radius 2 is 1.60 bits per heavy atom. The average Bonchev–Trinajstić information content (AvgIpc) is 2.31. The first-order chi connectivity index (χ1) is 9.11. The van der Waals surface area contributed by atoms with Gasteiger partial charge in [-0.3, -0.25) is 4.79 Å². The van der Waals surface area contributed by atoms with Crippen LogP contribution in [-0.4, -0.2) is 21.3 Å². The van der Waals surface area contributed by atoms with Crippen LogP contribution in [0.3, 0.4) is 0 Å². The van der Waals surface area contributed by atoms with E-state index in [0.29, 0.717) is 5.39 Å². The summed E-state index contributed by atoms with van der Waals surface area (Å²) in [6.07, 6.45) is 0. The summed E-state index contributed by atoms with van der Waals surface area (Å²) in [5.74, 6) is -1.30. The van der Waals surface area contributed by atoms with E-state index in [1.54, 1.807) is 20.8 Å². The van der Waals surface area contributed by atoms with Crippen LogP contribution in [-0.2, 0) is 4.79 Å². The molecule has 108 valence electrons. The van der Waals surface area contributed by atoms with Crippen molar-refractivity contribution in [3.05, 3.63) is 34.7 Å². The molecule has 1 heterocycles. The lowest BCUT2D eigenvalue weighted by molar-refractivity contribution is -0.145. The fourth-order valence-corrected chi connectivity index (χ4v) is 1.09. The molecule has 2 rings (SSSR count). The van der Waals surface area contributed by atoms with E-state index in [9.17, 15) is 9.59 Å². The second-order valence-electron chi connectivity index (χ2n) is 5.19. The Labute approximate surface area is 114 Å². The summed E-state index contributed by atoms with van der Waals surface area (Å²) in [7, 11) is 0. The summed E-state index contributed by atoms with van der Waals surface area (Å²) in [4.78, 5) is 20.8. The lowest BCUT2D eigenvalue weighted by Gasteiger charge is -2.08. The highest BCUT2D eigenvalue weighted by Gasteiger charge is 2.18. The molecule has 0 radical (unpaired) electrons. The third kappa shape index (κ3) is 4.01. The number of aromatic hydroxyl groups is 2. The largest absolute Gasteiger partial charge is 0.504 e. The number of carboxylic acids is 1. The van der Waals surface area contributed by atoms with Crippen molar-refractivity contribution in [1.29, 1.82) is 0 Å². The number of aliphatic carboxylic acids is 1. The van der Waals surface area contributed by atoms with Crippen LogP contribution < -0.4 is 5.63 Å². The van der Waals surface area contributed by atoms with Gasteiger partial charge in [0.15, 0.2) is 11.5 Å². The Hall–Kier alpha value is -2.50. The van der Waals surface area contributed by atoms with Gasteiger partial charge in [0.2, 0.25) is 0 Å². The molecule has 3 N–H and O–H groups in total. The Morgan fingerprint density at radius 1 is 1.10 bits per heavy atom. The maximum absolute atomic E-state index is 10.8. The van der Waals surface area contributed by atoms with E-state index in [-0.39, 0.29) is 17.1 Å². The Balaban J connectivity index is 0.000000246. The van der Waals surface area contributed by atoms with Gasteiger partial charge in [-0.2, -0.15) is 0 Å². The molecule has 0 atom stereocenters. The number of carboxylic acid groups (broad SMARTS) is 1. The van der Waals surface area contributed by atoms with Crippen LogP contribution in [0.5, 0.6) is 11.5 Å². The van der Waals surface area contributed by atoms with E-state index < -0.39 is 17.0 Å². The monoisotopic (exact) mass is 280 g/mol. The SMILES string of the molecule is CC(C)(C)C(=O)O.O=c1ccc2cc(O)c(O)cc2o1. The highest BCUT2D eigenvalue weighted by atomic mass is 16.4. The first-order valence-electron chi connectivity index (χ1n) is 5.80. The van der Waals surface area contributed by atoms with Crippen molar-refractivity contribution in [2.24, 2.45) is 5.41 Å². The van der Waals surface area contributed by atoms with Gasteiger partial charge in [0.25, 0.3) is 0 Å². The number of rotatable bonds is 0. The van der Waals surface area contributed by atoms with Gasteiger partial charge in [-0.25, -0.2) is 4.79 Å². The molecule has 1 aromatic heterocycles. The van der Waals surface area contributed by atoms with E-state index in [0.717, 1.165) is 0 Å². The average molecular weight is 280 g/mol. The standard InChI is InChI=1S/C9H6O4.C5H10O2/c10-6-3-5-1-2-9(12)13-8(5)4-7(6)11;1-5(2,3)4(6)7/h1-4,10-11H;1-3H3,(H,6,7). The normalized spacial score (nSPS) is 10.8.